The highest BCUT2D eigenvalue weighted by Crippen LogP contribution is 2.28. The molecule has 4 nitrogen and oxygen atoms in total. The maximum Gasteiger partial charge on any atom is 0.234 e. The first kappa shape index (κ1) is 17.1. The van der Waals surface area contributed by atoms with Gasteiger partial charge in [0.1, 0.15) is 0 Å². The van der Waals surface area contributed by atoms with Gasteiger partial charge in [0.15, 0.2) is 0 Å². The summed E-state index contributed by atoms with van der Waals surface area (Å²) in [6.07, 6.45) is 0. The highest BCUT2D eigenvalue weighted by molar-refractivity contribution is 7.12. The number of amides is 1. The van der Waals surface area contributed by atoms with Crippen molar-refractivity contribution in [3.05, 3.63) is 21.9 Å². The Balaban J connectivity index is 2.66. The highest BCUT2D eigenvalue weighted by Gasteiger charge is 2.24. The van der Waals surface area contributed by atoms with Crippen LogP contribution in [0.4, 0.5) is 0 Å². The molecule has 0 fully saturated rings. The number of likely N-dealkylation sites (N-methyl/N-ethyl adjacent to an activating group) is 1. The topological polar surface area (TPSA) is 58.4 Å². The van der Waals surface area contributed by atoms with Crippen molar-refractivity contribution in [1.82, 2.24) is 10.2 Å². The summed E-state index contributed by atoms with van der Waals surface area (Å²) in [5.41, 5.74) is 6.11. The molecule has 0 aliphatic rings. The van der Waals surface area contributed by atoms with Gasteiger partial charge in [-0.2, -0.15) is 0 Å². The van der Waals surface area contributed by atoms with E-state index in [-0.39, 0.29) is 18.0 Å². The highest BCUT2D eigenvalue weighted by atomic mass is 32.1. The van der Waals surface area contributed by atoms with E-state index in [9.17, 15) is 4.79 Å². The van der Waals surface area contributed by atoms with Crippen molar-refractivity contribution in [2.75, 3.05) is 20.1 Å². The second-order valence-electron chi connectivity index (χ2n) is 5.87. The Hall–Kier alpha value is -0.910. The first-order valence-corrected chi connectivity index (χ1v) is 7.91. The molecule has 0 aliphatic carbocycles. The maximum absolute atomic E-state index is 11.9. The van der Waals surface area contributed by atoms with Crippen molar-refractivity contribution in [1.29, 1.82) is 0 Å². The Morgan fingerprint density at radius 3 is 2.50 bits per heavy atom. The van der Waals surface area contributed by atoms with Gasteiger partial charge in [0, 0.05) is 22.3 Å². The average molecular weight is 297 g/mol. The third kappa shape index (κ3) is 5.23. The van der Waals surface area contributed by atoms with Crippen LogP contribution in [0.15, 0.2) is 12.1 Å². The van der Waals surface area contributed by atoms with Crippen LogP contribution in [0.25, 0.3) is 0 Å². The summed E-state index contributed by atoms with van der Waals surface area (Å²) in [6.45, 7) is 9.33. The van der Waals surface area contributed by atoms with E-state index in [2.05, 4.69) is 38.2 Å². The lowest BCUT2D eigenvalue weighted by Crippen LogP contribution is -2.43. The summed E-state index contributed by atoms with van der Waals surface area (Å²) < 4.78 is 0. The molecule has 5 heteroatoms. The fourth-order valence-electron chi connectivity index (χ4n) is 2.19. The monoisotopic (exact) mass is 297 g/mol. The van der Waals surface area contributed by atoms with E-state index in [1.165, 1.54) is 9.75 Å². The third-order valence-corrected chi connectivity index (χ3v) is 4.20. The Morgan fingerprint density at radius 2 is 2.05 bits per heavy atom. The lowest BCUT2D eigenvalue weighted by atomic mass is 10.1. The normalized spacial score (nSPS) is 14.6. The molecule has 0 spiro atoms. The summed E-state index contributed by atoms with van der Waals surface area (Å²) in [4.78, 5) is 16.5. The van der Waals surface area contributed by atoms with Crippen LogP contribution in [-0.2, 0) is 4.79 Å². The fourth-order valence-corrected chi connectivity index (χ4v) is 3.35. The summed E-state index contributed by atoms with van der Waals surface area (Å²) in [7, 11) is 1.96. The van der Waals surface area contributed by atoms with E-state index in [4.69, 9.17) is 5.73 Å². The summed E-state index contributed by atoms with van der Waals surface area (Å²) >= 11 is 1.74. The van der Waals surface area contributed by atoms with Crippen LogP contribution < -0.4 is 11.1 Å². The number of nitrogens with one attached hydrogen (secondary N) is 1. The van der Waals surface area contributed by atoms with E-state index >= 15 is 0 Å². The zero-order chi connectivity index (χ0) is 15.3. The van der Waals surface area contributed by atoms with Crippen LogP contribution in [0.5, 0.6) is 0 Å². The van der Waals surface area contributed by atoms with Crippen LogP contribution >= 0.6 is 11.3 Å². The Labute approximate surface area is 126 Å². The molecule has 1 heterocycles. The number of thiophene rings is 1. The van der Waals surface area contributed by atoms with Crippen LogP contribution in [0, 0.1) is 12.8 Å². The van der Waals surface area contributed by atoms with Gasteiger partial charge in [-0.1, -0.05) is 13.8 Å². The molecule has 0 bridgehead atoms. The van der Waals surface area contributed by atoms with Crippen molar-refractivity contribution in [3.63, 3.8) is 0 Å². The van der Waals surface area contributed by atoms with Crippen LogP contribution in [-0.4, -0.2) is 37.0 Å². The van der Waals surface area contributed by atoms with E-state index in [1.54, 1.807) is 11.3 Å². The quantitative estimate of drug-likeness (QED) is 0.811. The second-order valence-corrected chi connectivity index (χ2v) is 7.18. The standard InChI is InChI=1S/C15H27N3OS/c1-10(2)8-17-14(19)9-18(5)15(12(4)16)13-7-6-11(3)20-13/h6-7,10,12,15H,8-9,16H2,1-5H3,(H,17,19). The lowest BCUT2D eigenvalue weighted by Gasteiger charge is -2.29. The van der Waals surface area contributed by atoms with Gasteiger partial charge in [-0.05, 0) is 38.9 Å². The van der Waals surface area contributed by atoms with Gasteiger partial charge in [-0.3, -0.25) is 9.69 Å². The van der Waals surface area contributed by atoms with Crippen molar-refractivity contribution in [2.24, 2.45) is 11.7 Å². The largest absolute Gasteiger partial charge is 0.355 e. The van der Waals surface area contributed by atoms with Crippen molar-refractivity contribution in [3.8, 4) is 0 Å². The molecule has 0 aromatic carbocycles. The van der Waals surface area contributed by atoms with Gasteiger partial charge in [0.25, 0.3) is 0 Å². The molecule has 0 saturated carbocycles. The SMILES string of the molecule is Cc1ccc(C(C(C)N)N(C)CC(=O)NCC(C)C)s1. The molecular formula is C15H27N3OS. The smallest absolute Gasteiger partial charge is 0.234 e. The predicted molar refractivity (Wildman–Crippen MR) is 85.9 cm³/mol. The maximum atomic E-state index is 11.9. The van der Waals surface area contributed by atoms with E-state index < -0.39 is 0 Å². The average Bonchev–Trinajstić information content (AvgIpc) is 2.72. The summed E-state index contributed by atoms with van der Waals surface area (Å²) in [5.74, 6) is 0.522. The minimum Gasteiger partial charge on any atom is -0.355 e. The second kappa shape index (κ2) is 7.76. The predicted octanol–water partition coefficient (Wildman–Crippen LogP) is 2.15. The third-order valence-electron chi connectivity index (χ3n) is 3.13. The van der Waals surface area contributed by atoms with Crippen LogP contribution in [0.2, 0.25) is 0 Å². The van der Waals surface area contributed by atoms with Crippen LogP contribution in [0.1, 0.15) is 36.6 Å². The molecule has 2 unspecified atom stereocenters. The zero-order valence-electron chi connectivity index (χ0n) is 13.1. The Bertz CT molecular complexity index is 429. The number of carbonyl (C=O) groups is 1. The fraction of sp³-hybridized carbons (Fsp3) is 0.667. The number of nitrogens with zero attached hydrogens (tertiary/aromatic N) is 1. The lowest BCUT2D eigenvalue weighted by molar-refractivity contribution is -0.122. The van der Waals surface area contributed by atoms with Gasteiger partial charge in [0.2, 0.25) is 5.91 Å². The summed E-state index contributed by atoms with van der Waals surface area (Å²) in [5, 5.41) is 2.95. The van der Waals surface area contributed by atoms with Crippen molar-refractivity contribution < 1.29 is 4.79 Å². The molecule has 0 saturated heterocycles. The Kier molecular flexibility index (Phi) is 6.65. The molecule has 1 rings (SSSR count). The number of carbonyl (C=O) groups excluding carboxylic acids is 1. The van der Waals surface area contributed by atoms with E-state index in [1.807, 2.05) is 18.9 Å². The molecule has 1 aromatic heterocycles. The molecule has 0 aliphatic heterocycles. The van der Waals surface area contributed by atoms with E-state index in [0.717, 1.165) is 0 Å². The van der Waals surface area contributed by atoms with Gasteiger partial charge in [0.05, 0.1) is 12.6 Å². The molecule has 2 atom stereocenters. The number of aryl methyl sites for hydroxylation is 1. The van der Waals surface area contributed by atoms with E-state index in [0.29, 0.717) is 19.0 Å². The first-order chi connectivity index (χ1) is 9.31. The number of hydrogen-bond acceptors (Lipinski definition) is 4. The molecule has 1 amide bonds. The van der Waals surface area contributed by atoms with Gasteiger partial charge in [-0.15, -0.1) is 11.3 Å². The Morgan fingerprint density at radius 1 is 1.40 bits per heavy atom. The molecule has 3 N–H and O–H groups in total. The number of rotatable bonds is 7. The zero-order valence-corrected chi connectivity index (χ0v) is 14.0. The van der Waals surface area contributed by atoms with Gasteiger partial charge in [-0.25, -0.2) is 0 Å². The molecule has 1 aromatic rings. The first-order valence-electron chi connectivity index (χ1n) is 7.10. The van der Waals surface area contributed by atoms with Gasteiger partial charge < -0.3 is 11.1 Å². The van der Waals surface area contributed by atoms with Crippen molar-refractivity contribution in [2.45, 2.75) is 39.8 Å². The number of nitrogens with two attached hydrogens (primary N) is 1. The minimum atomic E-state index is -0.0176. The summed E-state index contributed by atoms with van der Waals surface area (Å²) in [6, 6.07) is 4.27. The van der Waals surface area contributed by atoms with Crippen LogP contribution in [0.3, 0.4) is 0 Å². The number of hydrogen-bond donors (Lipinski definition) is 2. The molecule has 114 valence electrons. The molecule has 20 heavy (non-hydrogen) atoms. The minimum absolute atomic E-state index is 0.0176. The molecule has 0 radical (unpaired) electrons. The van der Waals surface area contributed by atoms with Gasteiger partial charge >= 0.3 is 0 Å². The van der Waals surface area contributed by atoms with Crippen molar-refractivity contribution >= 4 is 17.2 Å². The molecular weight excluding hydrogens is 270 g/mol.